The van der Waals surface area contributed by atoms with Crippen molar-refractivity contribution in [1.82, 2.24) is 4.57 Å². The fourth-order valence-electron chi connectivity index (χ4n) is 4.26. The van der Waals surface area contributed by atoms with Crippen LogP contribution in [0.3, 0.4) is 0 Å². The molecule has 2 heterocycles. The van der Waals surface area contributed by atoms with Gasteiger partial charge in [-0.25, -0.2) is 9.79 Å². The first-order valence-corrected chi connectivity index (χ1v) is 13.2. The number of halogens is 1. The minimum Gasteiger partial charge on any atom is -0.493 e. The van der Waals surface area contributed by atoms with E-state index >= 15 is 0 Å². The van der Waals surface area contributed by atoms with Crippen molar-refractivity contribution in [2.45, 2.75) is 19.9 Å². The lowest BCUT2D eigenvalue weighted by molar-refractivity contribution is -0.139. The number of thiazole rings is 1. The average Bonchev–Trinajstić information content (AvgIpc) is 3.16. The Bertz CT molecular complexity index is 1570. The molecule has 0 spiro atoms. The van der Waals surface area contributed by atoms with Crippen molar-refractivity contribution >= 4 is 45.0 Å². The first-order chi connectivity index (χ1) is 17.7. The van der Waals surface area contributed by atoms with Crippen LogP contribution in [0.15, 0.2) is 61.9 Å². The lowest BCUT2D eigenvalue weighted by Crippen LogP contribution is -2.40. The summed E-state index contributed by atoms with van der Waals surface area (Å²) in [7, 11) is 7.03. The quantitative estimate of drug-likeness (QED) is 0.394. The van der Waals surface area contributed by atoms with Crippen LogP contribution in [-0.4, -0.2) is 45.5 Å². The summed E-state index contributed by atoms with van der Waals surface area (Å²) >= 11 is 4.89. The zero-order chi connectivity index (χ0) is 26.9. The van der Waals surface area contributed by atoms with Gasteiger partial charge in [-0.2, -0.15) is 0 Å². The maximum absolute atomic E-state index is 13.8. The lowest BCUT2D eigenvalue weighted by atomic mass is 9.95. The molecular weight excluding hydrogens is 558 g/mol. The maximum Gasteiger partial charge on any atom is 0.338 e. The molecule has 0 saturated heterocycles. The molecule has 1 aromatic heterocycles. The molecule has 2 aromatic carbocycles. The predicted molar refractivity (Wildman–Crippen MR) is 148 cm³/mol. The van der Waals surface area contributed by atoms with Gasteiger partial charge < -0.3 is 19.1 Å². The summed E-state index contributed by atoms with van der Waals surface area (Å²) in [5.74, 6) is 0.524. The highest BCUT2D eigenvalue weighted by molar-refractivity contribution is 9.10. The molecule has 0 N–H and O–H groups in total. The van der Waals surface area contributed by atoms with Crippen molar-refractivity contribution < 1.29 is 19.0 Å². The van der Waals surface area contributed by atoms with Crippen LogP contribution in [0.1, 0.15) is 31.0 Å². The van der Waals surface area contributed by atoms with Crippen molar-refractivity contribution in [3.05, 3.63) is 83.0 Å². The van der Waals surface area contributed by atoms with Gasteiger partial charge in [0.25, 0.3) is 5.56 Å². The van der Waals surface area contributed by atoms with Gasteiger partial charge in [0, 0.05) is 18.6 Å². The third-order valence-corrected chi connectivity index (χ3v) is 7.61. The second-order valence-electron chi connectivity index (χ2n) is 8.52. The fraction of sp³-hybridized carbons (Fsp3) is 0.296. The Morgan fingerprint density at radius 2 is 1.89 bits per heavy atom. The van der Waals surface area contributed by atoms with Gasteiger partial charge in [0.2, 0.25) is 0 Å². The average molecular weight is 587 g/mol. The maximum atomic E-state index is 13.8. The summed E-state index contributed by atoms with van der Waals surface area (Å²) in [5.41, 5.74) is 3.15. The molecule has 0 radical (unpaired) electrons. The Balaban J connectivity index is 1.94. The molecule has 3 aromatic rings. The van der Waals surface area contributed by atoms with E-state index in [-0.39, 0.29) is 12.2 Å². The number of allylic oxidation sites excluding steroid dienone is 1. The summed E-state index contributed by atoms with van der Waals surface area (Å²) in [6.07, 6.45) is 1.84. The summed E-state index contributed by atoms with van der Waals surface area (Å²) in [5, 5.41) is 0. The first-order valence-electron chi connectivity index (χ1n) is 11.6. The molecule has 0 fully saturated rings. The Labute approximate surface area is 227 Å². The number of benzene rings is 2. The molecule has 1 unspecified atom stereocenters. The van der Waals surface area contributed by atoms with E-state index in [1.54, 1.807) is 44.8 Å². The van der Waals surface area contributed by atoms with Gasteiger partial charge >= 0.3 is 5.97 Å². The molecule has 194 valence electrons. The Kier molecular flexibility index (Phi) is 7.89. The molecule has 1 aliphatic heterocycles. The molecule has 8 nitrogen and oxygen atoms in total. The van der Waals surface area contributed by atoms with Crippen LogP contribution < -0.4 is 29.3 Å². The number of ether oxygens (including phenoxy) is 3. The van der Waals surface area contributed by atoms with Crippen LogP contribution in [0.25, 0.3) is 6.08 Å². The molecule has 0 aliphatic carbocycles. The number of aromatic nitrogens is 1. The van der Waals surface area contributed by atoms with Crippen molar-refractivity contribution in [2.24, 2.45) is 4.99 Å². The van der Waals surface area contributed by atoms with Crippen LogP contribution >= 0.6 is 27.3 Å². The number of hydrogen-bond acceptors (Lipinski definition) is 8. The smallest absolute Gasteiger partial charge is 0.338 e. The van der Waals surface area contributed by atoms with Crippen LogP contribution in [0.2, 0.25) is 0 Å². The van der Waals surface area contributed by atoms with Crippen molar-refractivity contribution in [3.63, 3.8) is 0 Å². The van der Waals surface area contributed by atoms with Crippen LogP contribution in [-0.2, 0) is 9.53 Å². The highest BCUT2D eigenvalue weighted by Gasteiger charge is 2.33. The zero-order valence-electron chi connectivity index (χ0n) is 21.5. The molecule has 0 saturated carbocycles. The highest BCUT2D eigenvalue weighted by atomic mass is 79.9. The predicted octanol–water partition coefficient (Wildman–Crippen LogP) is 3.64. The fourth-order valence-corrected chi connectivity index (χ4v) is 6.05. The van der Waals surface area contributed by atoms with Crippen LogP contribution in [0.4, 0.5) is 5.69 Å². The number of rotatable bonds is 7. The number of esters is 1. The van der Waals surface area contributed by atoms with Gasteiger partial charge in [-0.1, -0.05) is 23.5 Å². The number of nitrogens with zero attached hydrogens (tertiary/aromatic N) is 3. The molecule has 1 aliphatic rings. The summed E-state index contributed by atoms with van der Waals surface area (Å²) in [6.45, 7) is 3.71. The van der Waals surface area contributed by atoms with Crippen LogP contribution in [0.5, 0.6) is 11.5 Å². The largest absolute Gasteiger partial charge is 0.493 e. The topological polar surface area (TPSA) is 82.4 Å². The molecule has 10 heteroatoms. The van der Waals surface area contributed by atoms with Gasteiger partial charge in [-0.15, -0.1) is 0 Å². The number of carbonyl (C=O) groups is 1. The van der Waals surface area contributed by atoms with Crippen molar-refractivity contribution in [1.29, 1.82) is 0 Å². The number of hydrogen-bond donors (Lipinski definition) is 0. The first kappa shape index (κ1) is 26.7. The molecule has 1 atom stereocenters. The number of methoxy groups -OCH3 is 2. The number of fused-ring (bicyclic) bond motifs is 1. The van der Waals surface area contributed by atoms with Crippen molar-refractivity contribution in [2.75, 3.05) is 39.8 Å². The second kappa shape index (κ2) is 10.9. The second-order valence-corrected chi connectivity index (χ2v) is 10.4. The van der Waals surface area contributed by atoms with E-state index < -0.39 is 12.0 Å². The SMILES string of the molecule is CCOC(=O)C1=C(C)N=c2sc(=Cc3ccc(N(C)C)c(Br)c3)c(=O)n2C1c1ccc(OC)c(OC)c1. The summed E-state index contributed by atoms with van der Waals surface area (Å²) < 4.78 is 19.2. The number of anilines is 1. The molecule has 0 bridgehead atoms. The molecule has 37 heavy (non-hydrogen) atoms. The van der Waals surface area contributed by atoms with E-state index in [0.717, 1.165) is 15.7 Å². The Morgan fingerprint density at radius 3 is 2.51 bits per heavy atom. The van der Waals surface area contributed by atoms with Gasteiger partial charge in [0.05, 0.1) is 48.4 Å². The van der Waals surface area contributed by atoms with Crippen LogP contribution in [0, 0.1) is 0 Å². The summed E-state index contributed by atoms with van der Waals surface area (Å²) in [4.78, 5) is 34.0. The third kappa shape index (κ3) is 5.08. The minimum atomic E-state index is -0.736. The van der Waals surface area contributed by atoms with Gasteiger partial charge in [0.15, 0.2) is 16.3 Å². The Morgan fingerprint density at radius 1 is 1.16 bits per heavy atom. The zero-order valence-corrected chi connectivity index (χ0v) is 23.9. The standard InChI is InChI=1S/C27H28BrN3O5S/c1-7-36-26(33)23-15(2)29-27-31(24(23)17-9-11-20(34-5)21(14-17)35-6)25(32)22(37-27)13-16-8-10-19(30(3)4)18(28)12-16/h8-14,24H,7H2,1-6H3. The van der Waals surface area contributed by atoms with E-state index in [9.17, 15) is 9.59 Å². The van der Waals surface area contributed by atoms with Gasteiger partial charge in [-0.3, -0.25) is 9.36 Å². The van der Waals surface area contributed by atoms with E-state index in [0.29, 0.717) is 37.7 Å². The molecule has 4 rings (SSSR count). The van der Waals surface area contributed by atoms with Gasteiger partial charge in [-0.05, 0) is 71.2 Å². The monoisotopic (exact) mass is 585 g/mol. The Hall–Kier alpha value is -3.37. The van der Waals surface area contributed by atoms with E-state index in [1.165, 1.54) is 11.3 Å². The number of carbonyl (C=O) groups excluding carboxylic acids is 1. The molecular formula is C27H28BrN3O5S. The van der Waals surface area contributed by atoms with Crippen molar-refractivity contribution in [3.8, 4) is 11.5 Å². The summed E-state index contributed by atoms with van der Waals surface area (Å²) in [6, 6.07) is 10.5. The third-order valence-electron chi connectivity index (χ3n) is 5.99. The molecule has 0 amide bonds. The van der Waals surface area contributed by atoms with E-state index in [2.05, 4.69) is 20.9 Å². The lowest BCUT2D eigenvalue weighted by Gasteiger charge is -2.25. The van der Waals surface area contributed by atoms with E-state index in [1.807, 2.05) is 49.3 Å². The minimum absolute atomic E-state index is 0.205. The van der Waals surface area contributed by atoms with Gasteiger partial charge in [0.1, 0.15) is 0 Å². The highest BCUT2D eigenvalue weighted by Crippen LogP contribution is 2.36. The normalized spacial score (nSPS) is 15.2. The van der Waals surface area contributed by atoms with E-state index in [4.69, 9.17) is 14.2 Å².